The number of nitrogens with zero attached hydrogens (tertiary/aromatic N) is 1. The second-order valence-corrected chi connectivity index (χ2v) is 3.55. The first-order valence-electron chi connectivity index (χ1n) is 5.56. The molecule has 1 N–H and O–H groups in total. The molecule has 0 atom stereocenters. The summed E-state index contributed by atoms with van der Waals surface area (Å²) in [4.78, 5) is 4.37. The molecule has 0 radical (unpaired) electrons. The van der Waals surface area contributed by atoms with Gasteiger partial charge in [-0.25, -0.2) is 0 Å². The highest BCUT2D eigenvalue weighted by Crippen LogP contribution is 2.13. The third-order valence-corrected chi connectivity index (χ3v) is 2.14. The number of likely N-dealkylation sites (N-methyl/N-ethyl adjacent to an activating group) is 1. The zero-order valence-corrected chi connectivity index (χ0v) is 10.2. The summed E-state index contributed by atoms with van der Waals surface area (Å²) in [6, 6.07) is 3.81. The van der Waals surface area contributed by atoms with E-state index < -0.39 is 0 Å². The third kappa shape index (κ3) is 4.59. The Bertz CT molecular complexity index is 316. The highest BCUT2D eigenvalue weighted by Gasteiger charge is 2.00. The van der Waals surface area contributed by atoms with E-state index in [-0.39, 0.29) is 0 Å². The van der Waals surface area contributed by atoms with E-state index in [0.29, 0.717) is 13.2 Å². The van der Waals surface area contributed by atoms with Crippen LogP contribution in [0.3, 0.4) is 0 Å². The Hall–Kier alpha value is -1.13. The molecular formula is C12H20N2O2. The van der Waals surface area contributed by atoms with Gasteiger partial charge in [0.05, 0.1) is 26.0 Å². The molecule has 4 nitrogen and oxygen atoms in total. The van der Waals surface area contributed by atoms with Crippen LogP contribution in [-0.4, -0.2) is 31.8 Å². The molecule has 16 heavy (non-hydrogen) atoms. The van der Waals surface area contributed by atoms with Gasteiger partial charge >= 0.3 is 0 Å². The fourth-order valence-electron chi connectivity index (χ4n) is 1.39. The zero-order valence-electron chi connectivity index (χ0n) is 10.2. The lowest BCUT2D eigenvalue weighted by atomic mass is 10.3. The van der Waals surface area contributed by atoms with Crippen LogP contribution in [0, 0.1) is 6.92 Å². The standard InChI is InChI=1S/C12H20N2O2/c1-4-13-5-6-16-9-11-8-12(15-3)7-10(2)14-11/h7-8,13H,4-6,9H2,1-3H3. The van der Waals surface area contributed by atoms with Crippen molar-refractivity contribution < 1.29 is 9.47 Å². The predicted octanol–water partition coefficient (Wildman–Crippen LogP) is 1.52. The molecule has 1 aromatic rings. The molecule has 90 valence electrons. The van der Waals surface area contributed by atoms with Gasteiger partial charge in [-0.2, -0.15) is 0 Å². The summed E-state index contributed by atoms with van der Waals surface area (Å²) in [5.41, 5.74) is 1.86. The van der Waals surface area contributed by atoms with E-state index in [4.69, 9.17) is 9.47 Å². The Morgan fingerprint density at radius 1 is 1.38 bits per heavy atom. The fraction of sp³-hybridized carbons (Fsp3) is 0.583. The van der Waals surface area contributed by atoms with E-state index >= 15 is 0 Å². The van der Waals surface area contributed by atoms with Gasteiger partial charge in [-0.1, -0.05) is 6.92 Å². The Labute approximate surface area is 97.0 Å². The summed E-state index contributed by atoms with van der Waals surface area (Å²) in [5, 5.41) is 3.20. The lowest BCUT2D eigenvalue weighted by Crippen LogP contribution is -2.18. The number of ether oxygens (including phenoxy) is 2. The largest absolute Gasteiger partial charge is 0.497 e. The van der Waals surface area contributed by atoms with Gasteiger partial charge in [0.2, 0.25) is 0 Å². The second-order valence-electron chi connectivity index (χ2n) is 3.55. The van der Waals surface area contributed by atoms with Crippen molar-refractivity contribution in [2.45, 2.75) is 20.5 Å². The van der Waals surface area contributed by atoms with E-state index in [9.17, 15) is 0 Å². The number of hydrogen-bond acceptors (Lipinski definition) is 4. The van der Waals surface area contributed by atoms with Crippen LogP contribution in [0.25, 0.3) is 0 Å². The summed E-state index contributed by atoms with van der Waals surface area (Å²) in [7, 11) is 1.66. The van der Waals surface area contributed by atoms with E-state index in [1.807, 2.05) is 19.1 Å². The molecule has 0 aromatic carbocycles. The molecule has 0 bridgehead atoms. The highest BCUT2D eigenvalue weighted by atomic mass is 16.5. The van der Waals surface area contributed by atoms with Crippen LogP contribution in [0.5, 0.6) is 5.75 Å². The lowest BCUT2D eigenvalue weighted by Gasteiger charge is -2.07. The van der Waals surface area contributed by atoms with E-state index in [0.717, 1.165) is 30.2 Å². The van der Waals surface area contributed by atoms with Crippen molar-refractivity contribution >= 4 is 0 Å². The first-order valence-corrected chi connectivity index (χ1v) is 5.56. The van der Waals surface area contributed by atoms with Crippen molar-refractivity contribution in [3.05, 3.63) is 23.5 Å². The zero-order chi connectivity index (χ0) is 11.8. The van der Waals surface area contributed by atoms with Gasteiger partial charge in [0, 0.05) is 24.4 Å². The van der Waals surface area contributed by atoms with Crippen LogP contribution in [0.2, 0.25) is 0 Å². The summed E-state index contributed by atoms with van der Waals surface area (Å²) >= 11 is 0. The Morgan fingerprint density at radius 3 is 2.88 bits per heavy atom. The first kappa shape index (κ1) is 12.9. The number of hydrogen-bond donors (Lipinski definition) is 1. The maximum Gasteiger partial charge on any atom is 0.122 e. The summed E-state index contributed by atoms with van der Waals surface area (Å²) < 4.78 is 10.7. The van der Waals surface area contributed by atoms with Gasteiger partial charge in [0.1, 0.15) is 5.75 Å². The first-order chi connectivity index (χ1) is 7.76. The van der Waals surface area contributed by atoms with Crippen molar-refractivity contribution in [1.29, 1.82) is 0 Å². The maximum absolute atomic E-state index is 5.50. The van der Waals surface area contributed by atoms with Gasteiger partial charge in [0.15, 0.2) is 0 Å². The van der Waals surface area contributed by atoms with Crippen molar-refractivity contribution in [3.63, 3.8) is 0 Å². The molecule has 0 saturated heterocycles. The number of methoxy groups -OCH3 is 1. The Balaban J connectivity index is 2.38. The number of pyridine rings is 1. The average Bonchev–Trinajstić information content (AvgIpc) is 2.28. The monoisotopic (exact) mass is 224 g/mol. The van der Waals surface area contributed by atoms with Crippen LogP contribution >= 0.6 is 0 Å². The molecule has 0 aliphatic heterocycles. The van der Waals surface area contributed by atoms with Crippen LogP contribution < -0.4 is 10.1 Å². The quantitative estimate of drug-likeness (QED) is 0.713. The minimum absolute atomic E-state index is 0.531. The summed E-state index contributed by atoms with van der Waals surface area (Å²) in [6.07, 6.45) is 0. The lowest BCUT2D eigenvalue weighted by molar-refractivity contribution is 0.120. The van der Waals surface area contributed by atoms with Gasteiger partial charge in [-0.15, -0.1) is 0 Å². The number of rotatable bonds is 7. The summed E-state index contributed by atoms with van der Waals surface area (Å²) in [6.45, 7) is 7.10. The SMILES string of the molecule is CCNCCOCc1cc(OC)cc(C)n1. The maximum atomic E-state index is 5.50. The molecule has 0 aliphatic carbocycles. The smallest absolute Gasteiger partial charge is 0.122 e. The highest BCUT2D eigenvalue weighted by molar-refractivity contribution is 5.26. The van der Waals surface area contributed by atoms with E-state index in [1.54, 1.807) is 7.11 Å². The number of nitrogens with one attached hydrogen (secondary N) is 1. The molecule has 0 aliphatic rings. The van der Waals surface area contributed by atoms with Crippen molar-refractivity contribution in [2.24, 2.45) is 0 Å². The molecule has 4 heteroatoms. The Morgan fingerprint density at radius 2 is 2.19 bits per heavy atom. The molecule has 0 fully saturated rings. The summed E-state index contributed by atoms with van der Waals surface area (Å²) in [5.74, 6) is 0.831. The molecule has 0 spiro atoms. The van der Waals surface area contributed by atoms with Crippen LogP contribution in [0.1, 0.15) is 18.3 Å². The second kappa shape index (κ2) is 7.19. The number of aryl methyl sites for hydroxylation is 1. The molecule has 0 saturated carbocycles. The fourth-order valence-corrected chi connectivity index (χ4v) is 1.39. The van der Waals surface area contributed by atoms with Crippen LogP contribution in [0.15, 0.2) is 12.1 Å². The minimum Gasteiger partial charge on any atom is -0.497 e. The Kier molecular flexibility index (Phi) is 5.82. The van der Waals surface area contributed by atoms with E-state index in [2.05, 4.69) is 17.2 Å². The van der Waals surface area contributed by atoms with Gasteiger partial charge in [-0.3, -0.25) is 4.98 Å². The van der Waals surface area contributed by atoms with Crippen molar-refractivity contribution in [3.8, 4) is 5.75 Å². The molecular weight excluding hydrogens is 204 g/mol. The topological polar surface area (TPSA) is 43.4 Å². The van der Waals surface area contributed by atoms with Gasteiger partial charge in [0.25, 0.3) is 0 Å². The third-order valence-electron chi connectivity index (χ3n) is 2.14. The van der Waals surface area contributed by atoms with Crippen LogP contribution in [0.4, 0.5) is 0 Å². The molecule has 1 heterocycles. The van der Waals surface area contributed by atoms with Crippen LogP contribution in [-0.2, 0) is 11.3 Å². The van der Waals surface area contributed by atoms with Crippen molar-refractivity contribution in [1.82, 2.24) is 10.3 Å². The van der Waals surface area contributed by atoms with Gasteiger partial charge in [-0.05, 0) is 13.5 Å². The normalized spacial score (nSPS) is 10.4. The van der Waals surface area contributed by atoms with Gasteiger partial charge < -0.3 is 14.8 Å². The molecule has 0 amide bonds. The number of aromatic nitrogens is 1. The van der Waals surface area contributed by atoms with Crippen molar-refractivity contribution in [2.75, 3.05) is 26.8 Å². The molecule has 1 rings (SSSR count). The van der Waals surface area contributed by atoms with E-state index in [1.165, 1.54) is 0 Å². The predicted molar refractivity (Wildman–Crippen MR) is 63.7 cm³/mol. The average molecular weight is 224 g/mol. The minimum atomic E-state index is 0.531. The molecule has 0 unspecified atom stereocenters. The molecule has 1 aromatic heterocycles.